The van der Waals surface area contributed by atoms with Crippen LogP contribution in [0.3, 0.4) is 0 Å². The van der Waals surface area contributed by atoms with Crippen LogP contribution < -0.4 is 11.1 Å². The maximum absolute atomic E-state index is 13.6. The zero-order chi connectivity index (χ0) is 13.8. The first-order chi connectivity index (χ1) is 9.08. The molecule has 1 amide bonds. The van der Waals surface area contributed by atoms with Gasteiger partial charge in [0.15, 0.2) is 0 Å². The van der Waals surface area contributed by atoms with E-state index in [4.69, 9.17) is 5.73 Å². The van der Waals surface area contributed by atoms with Crippen LogP contribution in [0.1, 0.15) is 41.6 Å². The van der Waals surface area contributed by atoms with Crippen LogP contribution in [0, 0.1) is 18.7 Å². The maximum Gasteiger partial charge on any atom is 0.254 e. The monoisotopic (exact) mass is 264 g/mol. The highest BCUT2D eigenvalue weighted by Crippen LogP contribution is 2.22. The predicted molar refractivity (Wildman–Crippen MR) is 73.4 cm³/mol. The van der Waals surface area contributed by atoms with E-state index in [2.05, 4.69) is 5.32 Å². The average Bonchev–Trinajstić information content (AvgIpc) is 2.40. The summed E-state index contributed by atoms with van der Waals surface area (Å²) in [5.74, 6) is -0.513. The number of aryl methyl sites for hydroxylation is 1. The van der Waals surface area contributed by atoms with Crippen molar-refractivity contribution in [2.45, 2.75) is 38.6 Å². The van der Waals surface area contributed by atoms with Crippen molar-refractivity contribution in [1.29, 1.82) is 0 Å². The van der Waals surface area contributed by atoms with Gasteiger partial charge in [-0.3, -0.25) is 4.79 Å². The number of benzene rings is 1. The summed E-state index contributed by atoms with van der Waals surface area (Å²) in [5, 5.41) is 2.81. The molecule has 0 saturated heterocycles. The fraction of sp³-hybridized carbons (Fsp3) is 0.533. The van der Waals surface area contributed by atoms with E-state index in [1.165, 1.54) is 6.07 Å². The van der Waals surface area contributed by atoms with Gasteiger partial charge in [0.2, 0.25) is 0 Å². The minimum Gasteiger partial charge on any atom is -0.352 e. The number of carbonyl (C=O) groups is 1. The molecule has 1 aromatic rings. The van der Waals surface area contributed by atoms with Gasteiger partial charge in [-0.25, -0.2) is 4.39 Å². The minimum absolute atomic E-state index is 0.115. The highest BCUT2D eigenvalue weighted by Gasteiger charge is 2.22. The summed E-state index contributed by atoms with van der Waals surface area (Å²) < 4.78 is 13.6. The van der Waals surface area contributed by atoms with Gasteiger partial charge in [-0.15, -0.1) is 0 Å². The number of hydrogen-bond acceptors (Lipinski definition) is 2. The van der Waals surface area contributed by atoms with Crippen molar-refractivity contribution in [3.8, 4) is 0 Å². The lowest BCUT2D eigenvalue weighted by molar-refractivity contribution is 0.0937. The normalized spacial score (nSPS) is 23.1. The van der Waals surface area contributed by atoms with Crippen molar-refractivity contribution in [2.24, 2.45) is 11.7 Å². The summed E-state index contributed by atoms with van der Waals surface area (Å²) in [4.78, 5) is 12.0. The summed E-state index contributed by atoms with van der Waals surface area (Å²) in [5.41, 5.74) is 7.02. The highest BCUT2D eigenvalue weighted by atomic mass is 19.1. The molecular weight excluding hydrogens is 243 g/mol. The van der Waals surface area contributed by atoms with Crippen molar-refractivity contribution in [1.82, 2.24) is 5.32 Å². The average molecular weight is 264 g/mol. The molecule has 0 heterocycles. The minimum atomic E-state index is -0.476. The molecule has 1 fully saturated rings. The Morgan fingerprint density at radius 1 is 1.42 bits per heavy atom. The van der Waals surface area contributed by atoms with Crippen molar-refractivity contribution in [2.75, 3.05) is 6.54 Å². The van der Waals surface area contributed by atoms with Crippen molar-refractivity contribution < 1.29 is 9.18 Å². The van der Waals surface area contributed by atoms with Crippen LogP contribution in [0.15, 0.2) is 18.2 Å². The number of rotatable bonds is 3. The summed E-state index contributed by atoms with van der Waals surface area (Å²) >= 11 is 0. The first-order valence-corrected chi connectivity index (χ1v) is 6.88. The van der Waals surface area contributed by atoms with E-state index in [0.717, 1.165) is 31.2 Å². The van der Waals surface area contributed by atoms with E-state index < -0.39 is 5.82 Å². The molecule has 2 atom stereocenters. The van der Waals surface area contributed by atoms with Crippen LogP contribution in [0.4, 0.5) is 4.39 Å². The zero-order valence-electron chi connectivity index (χ0n) is 11.3. The third-order valence-corrected chi connectivity index (χ3v) is 3.86. The van der Waals surface area contributed by atoms with Gasteiger partial charge in [-0.1, -0.05) is 24.5 Å². The Labute approximate surface area is 113 Å². The van der Waals surface area contributed by atoms with Gasteiger partial charge in [0.05, 0.1) is 5.56 Å². The lowest BCUT2D eigenvalue weighted by atomic mass is 9.85. The number of carbonyl (C=O) groups excluding carboxylic acids is 1. The van der Waals surface area contributed by atoms with Crippen molar-refractivity contribution >= 4 is 5.91 Å². The van der Waals surface area contributed by atoms with E-state index in [9.17, 15) is 9.18 Å². The van der Waals surface area contributed by atoms with Crippen LogP contribution in [-0.4, -0.2) is 18.5 Å². The Balaban J connectivity index is 1.95. The molecule has 0 aromatic heterocycles. The van der Waals surface area contributed by atoms with Crippen LogP contribution in [0.5, 0.6) is 0 Å². The molecule has 0 spiro atoms. The second-order valence-electron chi connectivity index (χ2n) is 5.40. The van der Waals surface area contributed by atoms with Gasteiger partial charge in [0, 0.05) is 12.6 Å². The van der Waals surface area contributed by atoms with Gasteiger partial charge < -0.3 is 11.1 Å². The van der Waals surface area contributed by atoms with E-state index in [1.807, 2.05) is 6.92 Å². The number of nitrogens with two attached hydrogens (primary N) is 1. The van der Waals surface area contributed by atoms with Gasteiger partial charge in [-0.05, 0) is 37.8 Å². The van der Waals surface area contributed by atoms with Gasteiger partial charge in [0.25, 0.3) is 5.91 Å². The highest BCUT2D eigenvalue weighted by molar-refractivity contribution is 5.94. The molecule has 1 saturated carbocycles. The first kappa shape index (κ1) is 14.0. The quantitative estimate of drug-likeness (QED) is 0.880. The van der Waals surface area contributed by atoms with Crippen LogP contribution >= 0.6 is 0 Å². The second kappa shape index (κ2) is 6.15. The molecule has 0 radical (unpaired) electrons. The number of nitrogens with one attached hydrogen (secondary N) is 1. The van der Waals surface area contributed by atoms with E-state index in [1.54, 1.807) is 12.1 Å². The summed E-state index contributed by atoms with van der Waals surface area (Å²) in [6.45, 7) is 2.38. The second-order valence-corrected chi connectivity index (χ2v) is 5.40. The van der Waals surface area contributed by atoms with Gasteiger partial charge in [0.1, 0.15) is 5.82 Å². The van der Waals surface area contributed by atoms with Crippen LogP contribution in [-0.2, 0) is 0 Å². The topological polar surface area (TPSA) is 55.1 Å². The Hall–Kier alpha value is -1.42. The van der Waals surface area contributed by atoms with E-state index in [-0.39, 0.29) is 17.5 Å². The van der Waals surface area contributed by atoms with Crippen LogP contribution in [0.2, 0.25) is 0 Å². The predicted octanol–water partition coefficient (Wildman–Crippen LogP) is 2.38. The molecule has 1 aromatic carbocycles. The molecule has 0 bridgehead atoms. The Kier molecular flexibility index (Phi) is 4.53. The van der Waals surface area contributed by atoms with Crippen molar-refractivity contribution in [3.05, 3.63) is 35.1 Å². The molecule has 4 heteroatoms. The Morgan fingerprint density at radius 3 is 2.89 bits per heavy atom. The number of halogens is 1. The Morgan fingerprint density at radius 2 is 2.16 bits per heavy atom. The van der Waals surface area contributed by atoms with Gasteiger partial charge in [-0.2, -0.15) is 0 Å². The summed E-state index contributed by atoms with van der Waals surface area (Å²) in [7, 11) is 0. The lowest BCUT2D eigenvalue weighted by Gasteiger charge is -2.28. The third-order valence-electron chi connectivity index (χ3n) is 3.86. The molecular formula is C15H21FN2O. The zero-order valence-corrected chi connectivity index (χ0v) is 11.3. The summed E-state index contributed by atoms with van der Waals surface area (Å²) in [6.07, 6.45) is 4.38. The summed E-state index contributed by atoms with van der Waals surface area (Å²) in [6, 6.07) is 4.71. The molecule has 1 aliphatic rings. The molecule has 3 N–H and O–H groups in total. The molecule has 19 heavy (non-hydrogen) atoms. The van der Waals surface area contributed by atoms with Crippen molar-refractivity contribution in [3.63, 3.8) is 0 Å². The smallest absolute Gasteiger partial charge is 0.254 e. The lowest BCUT2D eigenvalue weighted by Crippen LogP contribution is -2.41. The fourth-order valence-electron chi connectivity index (χ4n) is 2.62. The van der Waals surface area contributed by atoms with E-state index in [0.29, 0.717) is 12.5 Å². The largest absolute Gasteiger partial charge is 0.352 e. The maximum atomic E-state index is 13.6. The number of hydrogen-bond donors (Lipinski definition) is 2. The molecule has 104 valence electrons. The molecule has 3 nitrogen and oxygen atoms in total. The number of amides is 1. The fourth-order valence-corrected chi connectivity index (χ4v) is 2.62. The SMILES string of the molecule is Cc1ccc(F)c(C(=O)NCC2CCCCC2N)c1. The first-order valence-electron chi connectivity index (χ1n) is 6.88. The molecule has 0 aliphatic heterocycles. The van der Waals surface area contributed by atoms with Crippen LogP contribution in [0.25, 0.3) is 0 Å². The van der Waals surface area contributed by atoms with Gasteiger partial charge >= 0.3 is 0 Å². The van der Waals surface area contributed by atoms with E-state index >= 15 is 0 Å². The molecule has 2 unspecified atom stereocenters. The molecule has 1 aliphatic carbocycles. The standard InChI is InChI=1S/C15H21FN2O/c1-10-6-7-13(16)12(8-10)15(19)18-9-11-4-2-3-5-14(11)17/h6-8,11,14H,2-5,9,17H2,1H3,(H,18,19). The Bertz CT molecular complexity index is 461. The molecule has 2 rings (SSSR count). The third kappa shape index (κ3) is 3.53.